The third-order valence-corrected chi connectivity index (χ3v) is 3.85. The molecule has 1 aromatic heterocycles. The first kappa shape index (κ1) is 11.9. The van der Waals surface area contributed by atoms with Crippen molar-refractivity contribution in [3.05, 3.63) is 16.4 Å². The normalized spacial score (nSPS) is 17.2. The Labute approximate surface area is 102 Å². The fourth-order valence-electron chi connectivity index (χ4n) is 2.38. The standard InChI is InChI=1S/C12H20ClN3/c1-3-10-12(13)11(16(2)15-10)8-14-9-6-4-5-7-9/h9,14H,3-8H2,1-2H3. The molecule has 1 fully saturated rings. The van der Waals surface area contributed by atoms with Crippen molar-refractivity contribution in [2.45, 2.75) is 51.6 Å². The van der Waals surface area contributed by atoms with Crippen molar-refractivity contribution in [2.24, 2.45) is 7.05 Å². The summed E-state index contributed by atoms with van der Waals surface area (Å²) < 4.78 is 1.91. The zero-order chi connectivity index (χ0) is 11.5. The van der Waals surface area contributed by atoms with E-state index in [-0.39, 0.29) is 0 Å². The summed E-state index contributed by atoms with van der Waals surface area (Å²) in [6.07, 6.45) is 6.22. The molecule has 16 heavy (non-hydrogen) atoms. The van der Waals surface area contributed by atoms with Gasteiger partial charge in [0, 0.05) is 19.6 Å². The molecule has 0 amide bonds. The minimum Gasteiger partial charge on any atom is -0.308 e. The number of aromatic nitrogens is 2. The highest BCUT2D eigenvalue weighted by molar-refractivity contribution is 6.31. The van der Waals surface area contributed by atoms with E-state index in [9.17, 15) is 0 Å². The monoisotopic (exact) mass is 241 g/mol. The van der Waals surface area contributed by atoms with Crippen LogP contribution in [0, 0.1) is 0 Å². The molecule has 2 rings (SSSR count). The molecule has 0 radical (unpaired) electrons. The first-order valence-corrected chi connectivity index (χ1v) is 6.53. The average molecular weight is 242 g/mol. The van der Waals surface area contributed by atoms with Crippen LogP contribution in [0.5, 0.6) is 0 Å². The molecule has 1 saturated carbocycles. The van der Waals surface area contributed by atoms with Gasteiger partial charge in [-0.25, -0.2) is 0 Å². The van der Waals surface area contributed by atoms with E-state index in [1.54, 1.807) is 0 Å². The maximum Gasteiger partial charge on any atom is 0.0863 e. The second kappa shape index (κ2) is 5.19. The molecule has 1 heterocycles. The van der Waals surface area contributed by atoms with Gasteiger partial charge in [-0.1, -0.05) is 31.4 Å². The van der Waals surface area contributed by atoms with Crippen LogP contribution in [-0.2, 0) is 20.0 Å². The number of hydrogen-bond donors (Lipinski definition) is 1. The van der Waals surface area contributed by atoms with Gasteiger partial charge in [-0.05, 0) is 19.3 Å². The molecule has 3 nitrogen and oxygen atoms in total. The zero-order valence-corrected chi connectivity index (χ0v) is 10.8. The van der Waals surface area contributed by atoms with Gasteiger partial charge in [0.25, 0.3) is 0 Å². The van der Waals surface area contributed by atoms with Gasteiger partial charge in [-0.15, -0.1) is 0 Å². The molecule has 90 valence electrons. The quantitative estimate of drug-likeness (QED) is 0.879. The fourth-order valence-corrected chi connectivity index (χ4v) is 2.74. The van der Waals surface area contributed by atoms with Crippen LogP contribution in [0.2, 0.25) is 5.02 Å². The van der Waals surface area contributed by atoms with Crippen LogP contribution < -0.4 is 5.32 Å². The lowest BCUT2D eigenvalue weighted by molar-refractivity contribution is 0.507. The Hall–Kier alpha value is -0.540. The maximum atomic E-state index is 6.29. The number of nitrogens with one attached hydrogen (secondary N) is 1. The summed E-state index contributed by atoms with van der Waals surface area (Å²) in [5.41, 5.74) is 2.12. The smallest absolute Gasteiger partial charge is 0.0863 e. The lowest BCUT2D eigenvalue weighted by Crippen LogP contribution is -2.26. The summed E-state index contributed by atoms with van der Waals surface area (Å²) in [5.74, 6) is 0. The fraction of sp³-hybridized carbons (Fsp3) is 0.750. The van der Waals surface area contributed by atoms with Crippen molar-refractivity contribution in [2.75, 3.05) is 0 Å². The largest absolute Gasteiger partial charge is 0.308 e. The highest BCUT2D eigenvalue weighted by Crippen LogP contribution is 2.22. The summed E-state index contributed by atoms with van der Waals surface area (Å²) in [4.78, 5) is 0. The van der Waals surface area contributed by atoms with Crippen molar-refractivity contribution in [3.63, 3.8) is 0 Å². The highest BCUT2D eigenvalue weighted by atomic mass is 35.5. The van der Waals surface area contributed by atoms with E-state index in [0.29, 0.717) is 6.04 Å². The predicted octanol–water partition coefficient (Wildman–Crippen LogP) is 2.67. The van der Waals surface area contributed by atoms with E-state index in [0.717, 1.165) is 29.4 Å². The summed E-state index contributed by atoms with van der Waals surface area (Å²) >= 11 is 6.29. The van der Waals surface area contributed by atoms with Gasteiger partial charge in [0.2, 0.25) is 0 Å². The Balaban J connectivity index is 2.00. The first-order chi connectivity index (χ1) is 7.72. The molecule has 1 aliphatic carbocycles. The molecule has 0 saturated heterocycles. The zero-order valence-electron chi connectivity index (χ0n) is 10.1. The molecule has 0 aromatic carbocycles. The van der Waals surface area contributed by atoms with Crippen molar-refractivity contribution >= 4 is 11.6 Å². The van der Waals surface area contributed by atoms with Gasteiger partial charge >= 0.3 is 0 Å². The van der Waals surface area contributed by atoms with E-state index >= 15 is 0 Å². The molecular weight excluding hydrogens is 222 g/mol. The third-order valence-electron chi connectivity index (χ3n) is 3.42. The van der Waals surface area contributed by atoms with Crippen LogP contribution in [0.4, 0.5) is 0 Å². The van der Waals surface area contributed by atoms with Crippen LogP contribution in [-0.4, -0.2) is 15.8 Å². The molecule has 0 atom stereocenters. The van der Waals surface area contributed by atoms with Crippen molar-refractivity contribution in [3.8, 4) is 0 Å². The molecule has 1 N–H and O–H groups in total. The van der Waals surface area contributed by atoms with E-state index in [1.165, 1.54) is 25.7 Å². The Morgan fingerprint density at radius 1 is 1.44 bits per heavy atom. The summed E-state index contributed by atoms with van der Waals surface area (Å²) in [6, 6.07) is 0.677. The van der Waals surface area contributed by atoms with Crippen molar-refractivity contribution < 1.29 is 0 Å². The van der Waals surface area contributed by atoms with Gasteiger partial charge in [-0.2, -0.15) is 5.10 Å². The molecule has 0 bridgehead atoms. The minimum absolute atomic E-state index is 0.677. The molecule has 1 aromatic rings. The van der Waals surface area contributed by atoms with Gasteiger partial charge in [0.1, 0.15) is 0 Å². The van der Waals surface area contributed by atoms with Crippen LogP contribution in [0.1, 0.15) is 44.0 Å². The molecular formula is C12H20ClN3. The summed E-state index contributed by atoms with van der Waals surface area (Å²) in [7, 11) is 1.97. The Bertz CT molecular complexity index is 353. The van der Waals surface area contributed by atoms with Crippen LogP contribution >= 0.6 is 11.6 Å². The number of aryl methyl sites for hydroxylation is 2. The van der Waals surface area contributed by atoms with Gasteiger partial charge in [-0.3, -0.25) is 4.68 Å². The second-order valence-corrected chi connectivity index (χ2v) is 4.92. The predicted molar refractivity (Wildman–Crippen MR) is 66.7 cm³/mol. The molecule has 0 aliphatic heterocycles. The Kier molecular flexibility index (Phi) is 3.87. The van der Waals surface area contributed by atoms with Crippen LogP contribution in [0.25, 0.3) is 0 Å². The average Bonchev–Trinajstić information content (AvgIpc) is 2.86. The maximum absolute atomic E-state index is 6.29. The van der Waals surface area contributed by atoms with Gasteiger partial charge in [0.05, 0.1) is 16.4 Å². The Morgan fingerprint density at radius 3 is 2.69 bits per heavy atom. The third kappa shape index (κ3) is 2.41. The van der Waals surface area contributed by atoms with Crippen molar-refractivity contribution in [1.82, 2.24) is 15.1 Å². The topological polar surface area (TPSA) is 29.9 Å². The number of rotatable bonds is 4. The summed E-state index contributed by atoms with van der Waals surface area (Å²) in [6.45, 7) is 2.93. The molecule has 0 unspecified atom stereocenters. The second-order valence-electron chi connectivity index (χ2n) is 4.55. The molecule has 1 aliphatic rings. The first-order valence-electron chi connectivity index (χ1n) is 6.16. The van der Waals surface area contributed by atoms with E-state index in [4.69, 9.17) is 11.6 Å². The van der Waals surface area contributed by atoms with E-state index in [2.05, 4.69) is 17.3 Å². The SMILES string of the molecule is CCc1nn(C)c(CNC2CCCC2)c1Cl. The number of nitrogens with zero attached hydrogens (tertiary/aromatic N) is 2. The van der Waals surface area contributed by atoms with E-state index < -0.39 is 0 Å². The van der Waals surface area contributed by atoms with Crippen LogP contribution in [0.15, 0.2) is 0 Å². The van der Waals surface area contributed by atoms with Crippen molar-refractivity contribution in [1.29, 1.82) is 0 Å². The lowest BCUT2D eigenvalue weighted by atomic mass is 10.2. The summed E-state index contributed by atoms with van der Waals surface area (Å²) in [5, 5.41) is 8.83. The van der Waals surface area contributed by atoms with Gasteiger partial charge < -0.3 is 5.32 Å². The van der Waals surface area contributed by atoms with E-state index in [1.807, 2.05) is 11.7 Å². The number of hydrogen-bond acceptors (Lipinski definition) is 2. The number of halogens is 1. The highest BCUT2D eigenvalue weighted by Gasteiger charge is 2.17. The Morgan fingerprint density at radius 2 is 2.12 bits per heavy atom. The minimum atomic E-state index is 0.677. The molecule has 0 spiro atoms. The van der Waals surface area contributed by atoms with Crippen LogP contribution in [0.3, 0.4) is 0 Å². The van der Waals surface area contributed by atoms with Gasteiger partial charge in [0.15, 0.2) is 0 Å². The lowest BCUT2D eigenvalue weighted by Gasteiger charge is -2.11. The molecule has 4 heteroatoms.